The lowest BCUT2D eigenvalue weighted by molar-refractivity contribution is -0.138. The number of nitrogens with two attached hydrogens (primary N) is 1. The standard InChI is InChI=1S/C11H14FNO3/c12-4-3-8-5-9(14)2-1-7(8)6-10(13)11(15)16/h1-2,5,10,14H,3-4,6,13H2,(H,15,16)/t10-/m0/s1. The van der Waals surface area contributed by atoms with Gasteiger partial charge in [0, 0.05) is 6.42 Å². The number of halogens is 1. The van der Waals surface area contributed by atoms with Crippen molar-refractivity contribution in [3.05, 3.63) is 29.3 Å². The second kappa shape index (κ2) is 5.46. The second-order valence-electron chi connectivity index (χ2n) is 3.54. The van der Waals surface area contributed by atoms with E-state index in [4.69, 9.17) is 10.8 Å². The van der Waals surface area contributed by atoms with Crippen LogP contribution in [0.4, 0.5) is 4.39 Å². The number of phenols is 1. The summed E-state index contributed by atoms with van der Waals surface area (Å²) >= 11 is 0. The molecule has 0 aliphatic rings. The summed E-state index contributed by atoms with van der Waals surface area (Å²) in [7, 11) is 0. The van der Waals surface area contributed by atoms with Crippen LogP contribution >= 0.6 is 0 Å². The second-order valence-corrected chi connectivity index (χ2v) is 3.54. The Morgan fingerprint density at radius 2 is 2.12 bits per heavy atom. The van der Waals surface area contributed by atoms with Crippen LogP contribution in [0.25, 0.3) is 0 Å². The number of aromatic hydroxyl groups is 1. The largest absolute Gasteiger partial charge is 0.508 e. The topological polar surface area (TPSA) is 83.5 Å². The number of carboxylic acid groups (broad SMARTS) is 1. The van der Waals surface area contributed by atoms with E-state index in [0.717, 1.165) is 0 Å². The molecule has 0 heterocycles. The highest BCUT2D eigenvalue weighted by molar-refractivity contribution is 5.73. The Bertz CT molecular complexity index is 381. The van der Waals surface area contributed by atoms with Crippen molar-refractivity contribution >= 4 is 5.97 Å². The predicted octanol–water partition coefficient (Wildman–Crippen LogP) is 0.859. The first kappa shape index (κ1) is 12.4. The summed E-state index contributed by atoms with van der Waals surface area (Å²) < 4.78 is 12.3. The molecule has 4 nitrogen and oxygen atoms in total. The zero-order chi connectivity index (χ0) is 12.1. The molecule has 4 N–H and O–H groups in total. The number of hydrogen-bond donors (Lipinski definition) is 3. The summed E-state index contributed by atoms with van der Waals surface area (Å²) in [4.78, 5) is 10.6. The summed E-state index contributed by atoms with van der Waals surface area (Å²) in [5.74, 6) is -1.06. The number of hydrogen-bond acceptors (Lipinski definition) is 3. The number of carbonyl (C=O) groups is 1. The third-order valence-corrected chi connectivity index (χ3v) is 2.31. The highest BCUT2D eigenvalue weighted by Crippen LogP contribution is 2.18. The van der Waals surface area contributed by atoms with E-state index >= 15 is 0 Å². The molecule has 1 aromatic carbocycles. The van der Waals surface area contributed by atoms with Crippen molar-refractivity contribution < 1.29 is 19.4 Å². The third kappa shape index (κ3) is 3.20. The van der Waals surface area contributed by atoms with Crippen LogP contribution in [-0.2, 0) is 17.6 Å². The van der Waals surface area contributed by atoms with E-state index < -0.39 is 18.7 Å². The fraction of sp³-hybridized carbons (Fsp3) is 0.364. The molecular weight excluding hydrogens is 213 g/mol. The Hall–Kier alpha value is -1.62. The predicted molar refractivity (Wildman–Crippen MR) is 57.1 cm³/mol. The van der Waals surface area contributed by atoms with Gasteiger partial charge in [0.05, 0.1) is 6.67 Å². The molecule has 0 radical (unpaired) electrons. The number of alkyl halides is 1. The minimum absolute atomic E-state index is 0.0381. The van der Waals surface area contributed by atoms with Gasteiger partial charge in [-0.1, -0.05) is 6.07 Å². The van der Waals surface area contributed by atoms with Crippen molar-refractivity contribution in [2.75, 3.05) is 6.67 Å². The molecule has 0 spiro atoms. The van der Waals surface area contributed by atoms with Crippen molar-refractivity contribution in [1.82, 2.24) is 0 Å². The molecule has 0 bridgehead atoms. The molecule has 1 rings (SSSR count). The fourth-order valence-electron chi connectivity index (χ4n) is 1.47. The van der Waals surface area contributed by atoms with Crippen LogP contribution in [0.2, 0.25) is 0 Å². The van der Waals surface area contributed by atoms with Crippen LogP contribution in [0.3, 0.4) is 0 Å². The van der Waals surface area contributed by atoms with Gasteiger partial charge in [-0.15, -0.1) is 0 Å². The summed E-state index contributed by atoms with van der Waals surface area (Å²) in [5, 5.41) is 17.9. The maximum Gasteiger partial charge on any atom is 0.320 e. The molecule has 0 saturated carbocycles. The first-order valence-corrected chi connectivity index (χ1v) is 4.89. The minimum Gasteiger partial charge on any atom is -0.508 e. The SMILES string of the molecule is N[C@@H](Cc1ccc(O)cc1CCF)C(=O)O. The average Bonchev–Trinajstić information content (AvgIpc) is 2.22. The van der Waals surface area contributed by atoms with Crippen molar-refractivity contribution in [2.24, 2.45) is 5.73 Å². The third-order valence-electron chi connectivity index (χ3n) is 2.31. The van der Waals surface area contributed by atoms with Gasteiger partial charge in [-0.2, -0.15) is 0 Å². The first-order valence-electron chi connectivity index (χ1n) is 4.89. The molecule has 0 aliphatic heterocycles. The number of phenolic OH excluding ortho intramolecular Hbond substituents is 1. The van der Waals surface area contributed by atoms with Gasteiger partial charge in [0.25, 0.3) is 0 Å². The van der Waals surface area contributed by atoms with E-state index in [9.17, 15) is 14.3 Å². The molecule has 0 unspecified atom stereocenters. The highest BCUT2D eigenvalue weighted by Gasteiger charge is 2.14. The average molecular weight is 227 g/mol. The lowest BCUT2D eigenvalue weighted by Crippen LogP contribution is -2.32. The van der Waals surface area contributed by atoms with Crippen molar-refractivity contribution in [3.8, 4) is 5.75 Å². The van der Waals surface area contributed by atoms with E-state index in [-0.39, 0.29) is 18.6 Å². The van der Waals surface area contributed by atoms with Gasteiger partial charge >= 0.3 is 5.97 Å². The smallest absolute Gasteiger partial charge is 0.320 e. The van der Waals surface area contributed by atoms with E-state index in [0.29, 0.717) is 11.1 Å². The molecule has 0 aromatic heterocycles. The molecule has 0 aliphatic carbocycles. The fourth-order valence-corrected chi connectivity index (χ4v) is 1.47. The Kier molecular flexibility index (Phi) is 4.25. The lowest BCUT2D eigenvalue weighted by atomic mass is 9.98. The van der Waals surface area contributed by atoms with Crippen LogP contribution in [0.5, 0.6) is 5.75 Å². The van der Waals surface area contributed by atoms with Crippen LogP contribution in [0.1, 0.15) is 11.1 Å². The lowest BCUT2D eigenvalue weighted by Gasteiger charge is -2.11. The Morgan fingerprint density at radius 1 is 1.44 bits per heavy atom. The zero-order valence-electron chi connectivity index (χ0n) is 8.69. The van der Waals surface area contributed by atoms with Crippen LogP contribution in [-0.4, -0.2) is 28.9 Å². The molecule has 16 heavy (non-hydrogen) atoms. The summed E-state index contributed by atoms with van der Waals surface area (Å²) in [6.45, 7) is -0.557. The van der Waals surface area contributed by atoms with Crippen molar-refractivity contribution in [3.63, 3.8) is 0 Å². The number of carboxylic acids is 1. The summed E-state index contributed by atoms with van der Waals surface area (Å²) in [6.07, 6.45) is 0.279. The summed E-state index contributed by atoms with van der Waals surface area (Å²) in [6, 6.07) is 3.43. The van der Waals surface area contributed by atoms with Crippen molar-refractivity contribution in [2.45, 2.75) is 18.9 Å². The number of aliphatic carboxylic acids is 1. The van der Waals surface area contributed by atoms with Crippen LogP contribution in [0, 0.1) is 0 Å². The maximum atomic E-state index is 12.3. The molecule has 0 amide bonds. The number of aryl methyl sites for hydroxylation is 1. The van der Waals surface area contributed by atoms with Gasteiger partial charge in [-0.3, -0.25) is 9.18 Å². The minimum atomic E-state index is -1.10. The maximum absolute atomic E-state index is 12.3. The molecule has 1 aromatic rings. The van der Waals surface area contributed by atoms with E-state index in [1.54, 1.807) is 6.07 Å². The highest BCUT2D eigenvalue weighted by atomic mass is 19.1. The number of rotatable bonds is 5. The molecular formula is C11H14FNO3. The molecule has 5 heteroatoms. The number of benzene rings is 1. The monoisotopic (exact) mass is 227 g/mol. The van der Waals surface area contributed by atoms with Crippen LogP contribution < -0.4 is 5.73 Å². The van der Waals surface area contributed by atoms with Gasteiger partial charge in [0.2, 0.25) is 0 Å². The van der Waals surface area contributed by atoms with Gasteiger partial charge < -0.3 is 15.9 Å². The molecule has 1 atom stereocenters. The van der Waals surface area contributed by atoms with Gasteiger partial charge in [-0.05, 0) is 29.7 Å². The van der Waals surface area contributed by atoms with Gasteiger partial charge in [0.15, 0.2) is 0 Å². The van der Waals surface area contributed by atoms with Crippen molar-refractivity contribution in [1.29, 1.82) is 0 Å². The first-order chi connectivity index (χ1) is 7.54. The van der Waals surface area contributed by atoms with Crippen LogP contribution in [0.15, 0.2) is 18.2 Å². The van der Waals surface area contributed by atoms with E-state index in [1.807, 2.05) is 0 Å². The normalized spacial score (nSPS) is 12.4. The zero-order valence-corrected chi connectivity index (χ0v) is 8.69. The molecule has 0 saturated heterocycles. The summed E-state index contributed by atoms with van der Waals surface area (Å²) in [5.41, 5.74) is 6.65. The van der Waals surface area contributed by atoms with Gasteiger partial charge in [0.1, 0.15) is 11.8 Å². The quantitative estimate of drug-likeness (QED) is 0.696. The Balaban J connectivity index is 2.89. The molecule has 88 valence electrons. The Labute approximate surface area is 92.5 Å². The Morgan fingerprint density at radius 3 is 2.69 bits per heavy atom. The van der Waals surface area contributed by atoms with E-state index in [2.05, 4.69) is 0 Å². The van der Waals surface area contributed by atoms with E-state index in [1.165, 1.54) is 12.1 Å². The van der Waals surface area contributed by atoms with Gasteiger partial charge in [-0.25, -0.2) is 0 Å². The molecule has 0 fully saturated rings.